The van der Waals surface area contributed by atoms with Crippen molar-refractivity contribution in [1.29, 1.82) is 0 Å². The van der Waals surface area contributed by atoms with Crippen molar-refractivity contribution >= 4 is 17.3 Å². The van der Waals surface area contributed by atoms with Gasteiger partial charge in [0.2, 0.25) is 0 Å². The molecule has 4 heteroatoms. The van der Waals surface area contributed by atoms with Crippen LogP contribution in [0.25, 0.3) is 0 Å². The minimum absolute atomic E-state index is 0.0590. The first kappa shape index (κ1) is 11.4. The van der Waals surface area contributed by atoms with Crippen LogP contribution in [0.3, 0.4) is 0 Å². The Kier molecular flexibility index (Phi) is 2.65. The molecule has 2 aliphatic carbocycles. The first-order chi connectivity index (χ1) is 8.65. The van der Waals surface area contributed by atoms with Gasteiger partial charge in [-0.25, -0.2) is 0 Å². The summed E-state index contributed by atoms with van der Waals surface area (Å²) in [6.07, 6.45) is 4.99. The summed E-state index contributed by atoms with van der Waals surface area (Å²) in [6, 6.07) is 5.42. The zero-order chi connectivity index (χ0) is 12.7. The summed E-state index contributed by atoms with van der Waals surface area (Å²) < 4.78 is 0. The number of carbonyl (C=O) groups excluding carboxylic acids is 1. The number of hydrogen-bond acceptors (Lipinski definition) is 3. The van der Waals surface area contributed by atoms with Crippen LogP contribution in [0.2, 0.25) is 0 Å². The van der Waals surface area contributed by atoms with Crippen LogP contribution in [0.4, 0.5) is 11.4 Å². The molecule has 0 aliphatic heterocycles. The highest BCUT2D eigenvalue weighted by molar-refractivity contribution is 5.99. The highest BCUT2D eigenvalue weighted by Gasteiger charge is 2.42. The summed E-state index contributed by atoms with van der Waals surface area (Å²) in [7, 11) is 0. The van der Waals surface area contributed by atoms with Gasteiger partial charge < -0.3 is 16.8 Å². The summed E-state index contributed by atoms with van der Waals surface area (Å²) in [5.74, 6) is 1.32. The first-order valence-electron chi connectivity index (χ1n) is 6.61. The Labute approximate surface area is 107 Å². The molecule has 2 fully saturated rings. The van der Waals surface area contributed by atoms with Gasteiger partial charge in [-0.3, -0.25) is 4.79 Å². The summed E-state index contributed by atoms with van der Waals surface area (Å²) in [5, 5.41) is 3.16. The number of rotatable bonds is 4. The van der Waals surface area contributed by atoms with E-state index in [2.05, 4.69) is 5.32 Å². The van der Waals surface area contributed by atoms with Gasteiger partial charge in [-0.15, -0.1) is 0 Å². The van der Waals surface area contributed by atoms with Crippen LogP contribution < -0.4 is 16.8 Å². The molecule has 0 spiro atoms. The maximum atomic E-state index is 12.2. The molecule has 0 radical (unpaired) electrons. The van der Waals surface area contributed by atoms with Gasteiger partial charge in [0.05, 0.1) is 5.56 Å². The molecule has 2 aliphatic rings. The first-order valence-corrected chi connectivity index (χ1v) is 6.61. The lowest BCUT2D eigenvalue weighted by molar-refractivity contribution is 0.0927. The third-order valence-electron chi connectivity index (χ3n) is 3.88. The van der Waals surface area contributed by atoms with Crippen LogP contribution >= 0.6 is 0 Å². The second-order valence-electron chi connectivity index (χ2n) is 5.52. The van der Waals surface area contributed by atoms with Crippen molar-refractivity contribution in [2.24, 2.45) is 11.8 Å². The maximum Gasteiger partial charge on any atom is 0.253 e. The average Bonchev–Trinajstić information content (AvgIpc) is 3.17. The molecule has 5 N–H and O–H groups in total. The number of amides is 1. The van der Waals surface area contributed by atoms with Gasteiger partial charge in [0.25, 0.3) is 5.91 Å². The van der Waals surface area contributed by atoms with E-state index < -0.39 is 0 Å². The lowest BCUT2D eigenvalue weighted by Gasteiger charge is -2.18. The Bertz CT molecular complexity index is 466. The topological polar surface area (TPSA) is 81.1 Å². The van der Waals surface area contributed by atoms with E-state index in [0.717, 1.165) is 0 Å². The fourth-order valence-corrected chi connectivity index (χ4v) is 2.55. The summed E-state index contributed by atoms with van der Waals surface area (Å²) in [5.41, 5.74) is 13.1. The molecule has 0 atom stereocenters. The molecule has 0 heterocycles. The molecule has 96 valence electrons. The zero-order valence-electron chi connectivity index (χ0n) is 10.4. The molecule has 1 aromatic carbocycles. The second kappa shape index (κ2) is 4.19. The fourth-order valence-electron chi connectivity index (χ4n) is 2.55. The smallest absolute Gasteiger partial charge is 0.253 e. The lowest BCUT2D eigenvalue weighted by Crippen LogP contribution is -2.38. The molecule has 2 saturated carbocycles. The number of benzene rings is 1. The van der Waals surface area contributed by atoms with Gasteiger partial charge in [0.1, 0.15) is 0 Å². The molecular weight excluding hydrogens is 226 g/mol. The van der Waals surface area contributed by atoms with E-state index in [1.165, 1.54) is 25.7 Å². The lowest BCUT2D eigenvalue weighted by atomic mass is 10.1. The largest absolute Gasteiger partial charge is 0.399 e. The molecule has 0 saturated heterocycles. The van der Waals surface area contributed by atoms with Crippen molar-refractivity contribution in [3.05, 3.63) is 23.8 Å². The van der Waals surface area contributed by atoms with Gasteiger partial charge in [-0.1, -0.05) is 0 Å². The van der Waals surface area contributed by atoms with Crippen LogP contribution in [-0.4, -0.2) is 11.9 Å². The molecule has 1 aromatic rings. The number of nitrogen functional groups attached to an aromatic ring is 2. The molecular formula is C14H19N3O. The Hall–Kier alpha value is -1.71. The molecule has 1 amide bonds. The Morgan fingerprint density at radius 3 is 2.28 bits per heavy atom. The van der Waals surface area contributed by atoms with E-state index in [0.29, 0.717) is 34.8 Å². The third kappa shape index (κ3) is 2.28. The van der Waals surface area contributed by atoms with Gasteiger partial charge in [0, 0.05) is 17.4 Å². The van der Waals surface area contributed by atoms with Crippen LogP contribution in [0.1, 0.15) is 36.0 Å². The normalized spacial score (nSPS) is 18.9. The average molecular weight is 245 g/mol. The van der Waals surface area contributed by atoms with Crippen LogP contribution in [0, 0.1) is 11.8 Å². The van der Waals surface area contributed by atoms with Gasteiger partial charge in [-0.05, 0) is 55.7 Å². The zero-order valence-corrected chi connectivity index (χ0v) is 10.4. The number of carbonyl (C=O) groups is 1. The Morgan fingerprint density at radius 2 is 1.78 bits per heavy atom. The number of nitrogens with two attached hydrogens (primary N) is 2. The van der Waals surface area contributed by atoms with E-state index >= 15 is 0 Å². The van der Waals surface area contributed by atoms with Gasteiger partial charge >= 0.3 is 0 Å². The van der Waals surface area contributed by atoms with E-state index in [4.69, 9.17) is 11.5 Å². The van der Waals surface area contributed by atoms with Crippen LogP contribution in [0.5, 0.6) is 0 Å². The van der Waals surface area contributed by atoms with Crippen molar-refractivity contribution < 1.29 is 4.79 Å². The standard InChI is InChI=1S/C14H19N3O/c15-10-5-6-11(12(16)7-10)14(18)17-13(8-1-2-8)9-3-4-9/h5-9,13H,1-4,15-16H2,(H,17,18). The second-order valence-corrected chi connectivity index (χ2v) is 5.52. The molecule has 0 aromatic heterocycles. The van der Waals surface area contributed by atoms with Gasteiger partial charge in [0.15, 0.2) is 0 Å². The highest BCUT2D eigenvalue weighted by Crippen LogP contribution is 2.44. The molecule has 18 heavy (non-hydrogen) atoms. The summed E-state index contributed by atoms with van der Waals surface area (Å²) in [6.45, 7) is 0. The summed E-state index contributed by atoms with van der Waals surface area (Å²) in [4.78, 5) is 12.2. The Balaban J connectivity index is 1.73. The monoisotopic (exact) mass is 245 g/mol. The van der Waals surface area contributed by atoms with E-state index in [9.17, 15) is 4.79 Å². The molecule has 4 nitrogen and oxygen atoms in total. The number of hydrogen-bond donors (Lipinski definition) is 3. The predicted octanol–water partition coefficient (Wildman–Crippen LogP) is 1.77. The summed E-state index contributed by atoms with van der Waals surface area (Å²) >= 11 is 0. The van der Waals surface area contributed by atoms with Crippen LogP contribution in [-0.2, 0) is 0 Å². The SMILES string of the molecule is Nc1ccc(C(=O)NC(C2CC2)C2CC2)c(N)c1. The van der Waals surface area contributed by atoms with E-state index in [1.807, 2.05) is 0 Å². The number of anilines is 2. The van der Waals surface area contributed by atoms with Crippen molar-refractivity contribution in [1.82, 2.24) is 5.32 Å². The molecule has 0 bridgehead atoms. The maximum absolute atomic E-state index is 12.2. The third-order valence-corrected chi connectivity index (χ3v) is 3.88. The van der Waals surface area contributed by atoms with Crippen molar-refractivity contribution in [3.63, 3.8) is 0 Å². The highest BCUT2D eigenvalue weighted by atomic mass is 16.1. The van der Waals surface area contributed by atoms with Gasteiger partial charge in [-0.2, -0.15) is 0 Å². The van der Waals surface area contributed by atoms with Crippen molar-refractivity contribution in [2.75, 3.05) is 11.5 Å². The van der Waals surface area contributed by atoms with Crippen LogP contribution in [0.15, 0.2) is 18.2 Å². The van der Waals surface area contributed by atoms with Crippen molar-refractivity contribution in [3.8, 4) is 0 Å². The molecule has 0 unspecified atom stereocenters. The van der Waals surface area contributed by atoms with E-state index in [-0.39, 0.29) is 5.91 Å². The Morgan fingerprint density at radius 1 is 1.17 bits per heavy atom. The van der Waals surface area contributed by atoms with E-state index in [1.54, 1.807) is 18.2 Å². The van der Waals surface area contributed by atoms with Crippen molar-refractivity contribution in [2.45, 2.75) is 31.7 Å². The minimum Gasteiger partial charge on any atom is -0.399 e. The molecule has 3 rings (SSSR count). The predicted molar refractivity (Wildman–Crippen MR) is 72.0 cm³/mol. The fraction of sp³-hybridized carbons (Fsp3) is 0.500. The minimum atomic E-state index is -0.0590. The quantitative estimate of drug-likeness (QED) is 0.707. The number of nitrogens with one attached hydrogen (secondary N) is 1.